The van der Waals surface area contributed by atoms with E-state index in [1.807, 2.05) is 24.8 Å². The third-order valence-electron chi connectivity index (χ3n) is 11.2. The minimum absolute atomic E-state index is 0. The first-order valence-corrected chi connectivity index (χ1v) is 21.8. The maximum Gasteiger partial charge on any atom is 0.358 e. The van der Waals surface area contributed by atoms with E-state index >= 15 is 0 Å². The van der Waals surface area contributed by atoms with E-state index in [-0.39, 0.29) is 64.5 Å². The Morgan fingerprint density at radius 1 is 0.721 bits per heavy atom. The summed E-state index contributed by atoms with van der Waals surface area (Å²) in [6.45, 7) is 0.938. The van der Waals surface area contributed by atoms with Crippen molar-refractivity contribution >= 4 is 69.7 Å². The number of imidazole rings is 4. The molecule has 68 heavy (non-hydrogen) atoms. The van der Waals surface area contributed by atoms with Gasteiger partial charge in [-0.3, -0.25) is 4.79 Å². The molecule has 12 rings (SSSR count). The van der Waals surface area contributed by atoms with Gasteiger partial charge in [0.15, 0.2) is 34.4 Å². The maximum absolute atomic E-state index is 14.4. The molecule has 10 heterocycles. The topological polar surface area (TPSA) is 237 Å². The molecule has 0 saturated heterocycles. The number of carbonyl (C=O) groups excluding carboxylic acids is 1. The second-order valence-electron chi connectivity index (χ2n) is 16.1. The summed E-state index contributed by atoms with van der Waals surface area (Å²) in [4.78, 5) is 40.7. The first-order valence-electron chi connectivity index (χ1n) is 21.0. The predicted molar refractivity (Wildman–Crippen MR) is 243 cm³/mol. The second-order valence-corrected chi connectivity index (χ2v) is 16.9. The molecule has 0 amide bonds. The van der Waals surface area contributed by atoms with Crippen LogP contribution in [0.3, 0.4) is 0 Å². The molecule has 0 spiro atoms. The Labute approximate surface area is 398 Å². The Hall–Kier alpha value is -7.27. The average molecular weight is 985 g/mol. The summed E-state index contributed by atoms with van der Waals surface area (Å²) in [6.07, 6.45) is 22.0. The van der Waals surface area contributed by atoms with E-state index in [4.69, 9.17) is 34.0 Å². The summed E-state index contributed by atoms with van der Waals surface area (Å²) in [5.41, 5.74) is 12.8. The number of aromatic nitrogens is 16. The zero-order chi connectivity index (χ0) is 46.3. The number of ketones is 1. The average Bonchev–Trinajstić information content (AvgIpc) is 3.90. The summed E-state index contributed by atoms with van der Waals surface area (Å²) in [5.74, 6) is -1.06. The van der Waals surface area contributed by atoms with Crippen molar-refractivity contribution in [2.45, 2.75) is 70.0 Å². The lowest BCUT2D eigenvalue weighted by molar-refractivity contribution is 0.0690. The number of aryl methyl sites for hydroxylation is 1. The van der Waals surface area contributed by atoms with Crippen LogP contribution in [0.5, 0.6) is 0 Å². The van der Waals surface area contributed by atoms with Crippen molar-refractivity contribution in [2.75, 3.05) is 0 Å². The van der Waals surface area contributed by atoms with Crippen LogP contribution in [0.25, 0.3) is 22.3 Å². The number of carbonyl (C=O) groups is 2. The number of hydrogen-bond acceptors (Lipinski definition) is 13. The maximum atomic E-state index is 14.4. The van der Waals surface area contributed by atoms with Crippen molar-refractivity contribution in [3.63, 3.8) is 0 Å². The SMILES string of the molecule is Cl.NCc1ncn2ccc(Cl)c(F)c12.O=C(CCc1ncn2ccc(Cl)c(F)c12)c1cn(Cc2cn3ncc(C4CC4)cc3n2)nn1.O=C(O)c1cn(Cc2cn3ncc(C4CC4)cc3n2)nn1. The fourth-order valence-electron chi connectivity index (χ4n) is 7.48. The van der Waals surface area contributed by atoms with E-state index in [1.54, 1.807) is 41.1 Å². The van der Waals surface area contributed by atoms with Crippen molar-refractivity contribution in [1.82, 2.24) is 78.0 Å². The largest absolute Gasteiger partial charge is 0.476 e. The molecule has 3 N–H and O–H groups in total. The normalized spacial score (nSPS) is 13.4. The van der Waals surface area contributed by atoms with Gasteiger partial charge in [0.25, 0.3) is 0 Å². The highest BCUT2D eigenvalue weighted by molar-refractivity contribution is 6.31. The molecule has 0 bridgehead atoms. The zero-order valence-electron chi connectivity index (χ0n) is 35.5. The summed E-state index contributed by atoms with van der Waals surface area (Å²) in [6, 6.07) is 7.06. The number of carboxylic acids is 1. The fourth-order valence-corrected chi connectivity index (χ4v) is 7.78. The standard InChI is InChI=1S/C22H18ClFN8O.C13H12N6O2.C8H7ClFN3.ClH/c23-16-5-6-30-12-25-17(22(30)21(16)24)3-4-19(33)18-11-31(29-28-18)9-15-10-32-20(27-15)7-14(8-26-32)13-1-2-13;20-13(21)11-7-18(17-16-11)5-10-6-19-12(15-10)3-9(4-14-19)8-1-2-8;9-5-1-2-13-4-12-6(3-11)8(13)7(5)10;/h5-8,10-13H,1-4,9H2;3-4,6-8H,1-2,5H2,(H,20,21);1-2,4H,3,11H2;1H. The fraction of sp³-hybridized carbons (Fsp3) is 0.256. The second kappa shape index (κ2) is 19.1. The molecule has 0 aromatic carbocycles. The highest BCUT2D eigenvalue weighted by atomic mass is 35.5. The van der Waals surface area contributed by atoms with Crippen molar-refractivity contribution in [2.24, 2.45) is 5.73 Å². The third-order valence-corrected chi connectivity index (χ3v) is 11.8. The van der Waals surface area contributed by atoms with Crippen LogP contribution in [0, 0.1) is 11.6 Å². The quantitative estimate of drug-likeness (QED) is 0.125. The van der Waals surface area contributed by atoms with Crippen molar-refractivity contribution < 1.29 is 23.5 Å². The van der Waals surface area contributed by atoms with Gasteiger partial charge in [0.1, 0.15) is 16.7 Å². The molecule has 348 valence electrons. The molecule has 25 heteroatoms. The van der Waals surface area contributed by atoms with Crippen LogP contribution < -0.4 is 5.73 Å². The van der Waals surface area contributed by atoms with Crippen LogP contribution in [0.1, 0.15) is 98.8 Å². The molecule has 0 unspecified atom stereocenters. The van der Waals surface area contributed by atoms with Gasteiger partial charge < -0.3 is 19.6 Å². The highest BCUT2D eigenvalue weighted by Gasteiger charge is 2.26. The summed E-state index contributed by atoms with van der Waals surface area (Å²) >= 11 is 11.5. The number of Topliss-reactive ketones (excluding diaryl/α,β-unsaturated/α-hetero) is 1. The number of hydrogen-bond donors (Lipinski definition) is 2. The molecule has 0 radical (unpaired) electrons. The number of aromatic carboxylic acids is 1. The highest BCUT2D eigenvalue weighted by Crippen LogP contribution is 2.40. The molecule has 2 aliphatic carbocycles. The molecule has 10 aromatic rings. The van der Waals surface area contributed by atoms with E-state index in [1.165, 1.54) is 72.5 Å². The lowest BCUT2D eigenvalue weighted by Gasteiger charge is -2.01. The van der Waals surface area contributed by atoms with Crippen molar-refractivity contribution in [3.8, 4) is 0 Å². The summed E-state index contributed by atoms with van der Waals surface area (Å²) in [7, 11) is 0. The lowest BCUT2D eigenvalue weighted by atomic mass is 10.1. The van der Waals surface area contributed by atoms with Crippen molar-refractivity contribution in [1.29, 1.82) is 0 Å². The zero-order valence-corrected chi connectivity index (χ0v) is 37.8. The molecule has 0 atom stereocenters. The Kier molecular flexibility index (Phi) is 12.9. The smallest absolute Gasteiger partial charge is 0.358 e. The van der Waals surface area contributed by atoms with Crippen LogP contribution in [0.2, 0.25) is 10.0 Å². The number of nitrogens with two attached hydrogens (primary N) is 1. The number of halogens is 5. The lowest BCUT2D eigenvalue weighted by Crippen LogP contribution is -2.03. The number of rotatable bonds is 12. The summed E-state index contributed by atoms with van der Waals surface area (Å²) < 4.78 is 37.4. The van der Waals surface area contributed by atoms with Crippen LogP contribution in [0.15, 0.2) is 86.5 Å². The first-order chi connectivity index (χ1) is 32.5. The Morgan fingerprint density at radius 2 is 1.21 bits per heavy atom. The third kappa shape index (κ3) is 9.74. The van der Waals surface area contributed by atoms with Crippen LogP contribution in [-0.4, -0.2) is 94.8 Å². The summed E-state index contributed by atoms with van der Waals surface area (Å²) in [5, 5.41) is 33.1. The Balaban J connectivity index is 0.000000141. The monoisotopic (exact) mass is 983 g/mol. The van der Waals surface area contributed by atoms with Gasteiger partial charge in [-0.2, -0.15) is 10.2 Å². The molecule has 2 aliphatic rings. The van der Waals surface area contributed by atoms with Gasteiger partial charge >= 0.3 is 5.97 Å². The van der Waals surface area contributed by atoms with E-state index in [0.717, 1.165) is 22.7 Å². The predicted octanol–water partition coefficient (Wildman–Crippen LogP) is 6.45. The van der Waals surface area contributed by atoms with Crippen LogP contribution >= 0.6 is 35.6 Å². The van der Waals surface area contributed by atoms with Crippen LogP contribution in [-0.2, 0) is 26.1 Å². The molecule has 0 aliphatic heterocycles. The molecular formula is C43H38Cl3F2N17O3. The van der Waals surface area contributed by atoms with E-state index in [2.05, 4.69) is 62.9 Å². The first kappa shape index (κ1) is 45.9. The van der Waals surface area contributed by atoms with Gasteiger partial charge in [-0.05, 0) is 79.3 Å². The van der Waals surface area contributed by atoms with E-state index in [9.17, 15) is 18.4 Å². The minimum Gasteiger partial charge on any atom is -0.476 e. The van der Waals surface area contributed by atoms with Gasteiger partial charge in [-0.15, -0.1) is 22.6 Å². The molecule has 2 saturated carbocycles. The van der Waals surface area contributed by atoms with Crippen molar-refractivity contribution in [3.05, 3.63) is 153 Å². The van der Waals surface area contributed by atoms with Gasteiger partial charge in [0.2, 0.25) is 0 Å². The molecule has 20 nitrogen and oxygen atoms in total. The van der Waals surface area contributed by atoms with Gasteiger partial charge in [-0.25, -0.2) is 51.9 Å². The molecular weight excluding hydrogens is 947 g/mol. The van der Waals surface area contributed by atoms with Crippen LogP contribution in [0.4, 0.5) is 8.78 Å². The number of nitrogens with zero attached hydrogens (tertiary/aromatic N) is 16. The number of fused-ring (bicyclic) bond motifs is 4. The van der Waals surface area contributed by atoms with Gasteiger partial charge in [-0.1, -0.05) is 33.6 Å². The van der Waals surface area contributed by atoms with E-state index in [0.29, 0.717) is 41.8 Å². The Morgan fingerprint density at radius 3 is 1.69 bits per heavy atom. The number of carboxylic acid groups (broad SMARTS) is 1. The Bertz CT molecular complexity index is 3480. The molecule has 10 aromatic heterocycles. The molecule has 2 fully saturated rings. The van der Waals surface area contributed by atoms with Gasteiger partial charge in [0.05, 0.1) is 95.7 Å². The van der Waals surface area contributed by atoms with Gasteiger partial charge in [0, 0.05) is 25.4 Å². The minimum atomic E-state index is -1.09. The number of pyridine rings is 2. The van der Waals surface area contributed by atoms with E-state index < -0.39 is 17.6 Å².